The number of fused-ring (bicyclic) bond motifs is 3. The molecule has 448 valence electrons. The summed E-state index contributed by atoms with van der Waals surface area (Å²) >= 11 is 0. The molecule has 0 radical (unpaired) electrons. The van der Waals surface area contributed by atoms with Crippen LogP contribution in [0.5, 0.6) is 0 Å². The first-order valence-corrected chi connectivity index (χ1v) is 26.9. The van der Waals surface area contributed by atoms with Gasteiger partial charge in [0.2, 0.25) is 6.29 Å². The number of aliphatic hydroxyl groups excluding tert-OH is 17. The first kappa shape index (κ1) is 60.8. The lowest BCUT2D eigenvalue weighted by Gasteiger charge is -2.64. The third-order valence-electron chi connectivity index (χ3n) is 19.2. The second-order valence-corrected chi connectivity index (χ2v) is 23.6. The van der Waals surface area contributed by atoms with Gasteiger partial charge in [-0.05, 0) is 86.5 Å². The van der Waals surface area contributed by atoms with Gasteiger partial charge in [0.05, 0.1) is 44.1 Å². The zero-order valence-corrected chi connectivity index (χ0v) is 43.3. The van der Waals surface area contributed by atoms with Gasteiger partial charge in [-0.2, -0.15) is 0 Å². The minimum Gasteiger partial charge on any atom is -0.432 e. The zero-order chi connectivity index (χ0) is 56.7. The van der Waals surface area contributed by atoms with Crippen LogP contribution in [0.2, 0.25) is 0 Å². The Balaban J connectivity index is 0.968. The lowest BCUT2D eigenvalue weighted by molar-refractivity contribution is -0.400. The van der Waals surface area contributed by atoms with E-state index in [-0.39, 0.29) is 11.8 Å². The molecule has 28 nitrogen and oxygen atoms in total. The molecule has 1 spiro atoms. The van der Waals surface area contributed by atoms with E-state index in [2.05, 4.69) is 13.5 Å². The molecule has 4 saturated carbocycles. The maximum Gasteiger partial charge on any atom is 0.314 e. The van der Waals surface area contributed by atoms with Gasteiger partial charge in [-0.1, -0.05) is 19.9 Å². The van der Waals surface area contributed by atoms with Crippen molar-refractivity contribution >= 4 is 5.97 Å². The number of hydrogen-bond donors (Lipinski definition) is 17. The molecule has 5 heterocycles. The summed E-state index contributed by atoms with van der Waals surface area (Å²) in [5.74, 6) is -1.14. The van der Waals surface area contributed by atoms with E-state index in [0.29, 0.717) is 63.4 Å². The van der Waals surface area contributed by atoms with Crippen molar-refractivity contribution in [2.75, 3.05) is 33.0 Å². The van der Waals surface area contributed by atoms with Crippen LogP contribution in [0.4, 0.5) is 0 Å². The summed E-state index contributed by atoms with van der Waals surface area (Å²) in [6, 6.07) is 0. The molecule has 0 aromatic rings. The number of esters is 1. The molecular weight excluding hydrogens is 1050 g/mol. The van der Waals surface area contributed by atoms with Gasteiger partial charge in [0.15, 0.2) is 31.3 Å². The Hall–Kier alpha value is -1.83. The van der Waals surface area contributed by atoms with E-state index in [9.17, 15) is 91.6 Å². The van der Waals surface area contributed by atoms with E-state index in [4.69, 9.17) is 47.4 Å². The van der Waals surface area contributed by atoms with E-state index in [1.807, 2.05) is 0 Å². The molecule has 4 aliphatic carbocycles. The molecule has 0 aromatic carbocycles. The van der Waals surface area contributed by atoms with E-state index in [1.165, 1.54) is 0 Å². The third-order valence-corrected chi connectivity index (χ3v) is 19.2. The maximum atomic E-state index is 14.9. The van der Waals surface area contributed by atoms with E-state index < -0.39 is 214 Å². The highest BCUT2D eigenvalue weighted by atomic mass is 16.8. The summed E-state index contributed by atoms with van der Waals surface area (Å²) < 4.78 is 60.3. The van der Waals surface area contributed by atoms with Crippen molar-refractivity contribution in [3.8, 4) is 0 Å². The van der Waals surface area contributed by atoms with Gasteiger partial charge in [0.1, 0.15) is 116 Å². The average Bonchev–Trinajstić information content (AvgIpc) is 3.69. The molecule has 28 heteroatoms. The smallest absolute Gasteiger partial charge is 0.314 e. The van der Waals surface area contributed by atoms with Gasteiger partial charge in [0.25, 0.3) is 0 Å². The summed E-state index contributed by atoms with van der Waals surface area (Å²) in [5.41, 5.74) is -2.81. The minimum absolute atomic E-state index is 0.0705. The summed E-state index contributed by atoms with van der Waals surface area (Å²) in [6.45, 7) is 4.32. The van der Waals surface area contributed by atoms with Crippen molar-refractivity contribution in [2.45, 2.75) is 231 Å². The van der Waals surface area contributed by atoms with Crippen molar-refractivity contribution in [1.29, 1.82) is 0 Å². The molecule has 2 bridgehead atoms. The van der Waals surface area contributed by atoms with Crippen LogP contribution in [-0.4, -0.2) is 285 Å². The van der Waals surface area contributed by atoms with Crippen LogP contribution in [-0.2, 0) is 52.2 Å². The fraction of sp³-hybridized carbons (Fsp3) is 0.940. The molecule has 0 amide bonds. The van der Waals surface area contributed by atoms with Crippen molar-refractivity contribution in [3.05, 3.63) is 12.2 Å². The second-order valence-electron chi connectivity index (χ2n) is 23.6. The quantitative estimate of drug-likeness (QED) is 0.0411. The Morgan fingerprint density at radius 3 is 1.41 bits per heavy atom. The molecule has 9 rings (SSSR count). The Kier molecular flexibility index (Phi) is 18.2. The number of carbonyl (C=O) groups is 1. The fourth-order valence-electron chi connectivity index (χ4n) is 15.0. The molecule has 78 heavy (non-hydrogen) atoms. The normalized spacial score (nSPS) is 54.5. The maximum absolute atomic E-state index is 14.9. The first-order valence-electron chi connectivity index (χ1n) is 26.9. The number of hydrogen-bond acceptors (Lipinski definition) is 28. The summed E-state index contributed by atoms with van der Waals surface area (Å²) in [7, 11) is 0. The topological polar surface area (TPSA) is 453 Å². The largest absolute Gasteiger partial charge is 0.432 e. The van der Waals surface area contributed by atoms with Crippen LogP contribution in [0.3, 0.4) is 0 Å². The Morgan fingerprint density at radius 1 is 0.487 bits per heavy atom. The zero-order valence-electron chi connectivity index (χ0n) is 43.3. The number of aliphatic hydroxyl groups is 17. The number of rotatable bonds is 15. The molecule has 5 aliphatic heterocycles. The standard InChI is InChI=1S/C50H80O28/c1-18-11-49-9-5-24-47(2,7-4-8-48(24,3)46(68)77-44-39(34(64)29(59)22(15-54)72-44)75-42-36(66)32(62)27(57)20(13-52)70-42)25(49)6-10-50(18,17-49)78-45-40(76-43-37(67)33(63)28(58)21(14-53)71-43)38(30(60)23(16-55)73-45)74-41-35(65)31(61)26(56)19(12-51)69-41/h19-45,51-67H,1,4-17H2,2-3H3/t19?,20?,21?,22?,23?,24?,25?,26?,27?,28?,29?,30?,31?,32?,33?,34?,35?,36?,37?,38?,39?,40?,41?,42?,43?,44?,45?,47-,48-,49-,50-/m1/s1. The molecular formula is C50H80O28. The highest BCUT2D eigenvalue weighted by Crippen LogP contribution is 2.74. The predicted molar refractivity (Wildman–Crippen MR) is 252 cm³/mol. The Bertz CT molecular complexity index is 2070. The van der Waals surface area contributed by atoms with Crippen LogP contribution >= 0.6 is 0 Å². The van der Waals surface area contributed by atoms with Crippen molar-refractivity contribution in [2.24, 2.45) is 28.1 Å². The molecule has 9 aliphatic rings. The summed E-state index contributed by atoms with van der Waals surface area (Å²) in [5, 5.41) is 181. The number of carbonyl (C=O) groups excluding carboxylic acids is 1. The Labute approximate surface area is 448 Å². The first-order chi connectivity index (χ1) is 36.9. The third kappa shape index (κ3) is 10.3. The second kappa shape index (κ2) is 23.3. The van der Waals surface area contributed by atoms with Crippen molar-refractivity contribution < 1.29 is 139 Å². The van der Waals surface area contributed by atoms with Gasteiger partial charge in [-0.15, -0.1) is 0 Å². The van der Waals surface area contributed by atoms with Gasteiger partial charge in [-0.3, -0.25) is 4.79 Å². The molecule has 27 unspecified atom stereocenters. The van der Waals surface area contributed by atoms with Crippen LogP contribution in [0.15, 0.2) is 12.2 Å². The van der Waals surface area contributed by atoms with E-state index in [1.54, 1.807) is 6.92 Å². The van der Waals surface area contributed by atoms with E-state index >= 15 is 0 Å². The van der Waals surface area contributed by atoms with Crippen molar-refractivity contribution in [1.82, 2.24) is 0 Å². The fourth-order valence-corrected chi connectivity index (χ4v) is 15.0. The van der Waals surface area contributed by atoms with Gasteiger partial charge < -0.3 is 134 Å². The van der Waals surface area contributed by atoms with E-state index in [0.717, 1.165) is 0 Å². The number of ether oxygens (including phenoxy) is 10. The van der Waals surface area contributed by atoms with Gasteiger partial charge in [-0.25, -0.2) is 0 Å². The Morgan fingerprint density at radius 2 is 0.910 bits per heavy atom. The molecule has 0 aromatic heterocycles. The molecule has 31 atom stereocenters. The van der Waals surface area contributed by atoms with Crippen LogP contribution in [0.25, 0.3) is 0 Å². The molecule has 9 fully saturated rings. The molecule has 17 N–H and O–H groups in total. The van der Waals surface area contributed by atoms with Crippen LogP contribution < -0.4 is 0 Å². The highest BCUT2D eigenvalue weighted by molar-refractivity contribution is 5.77. The molecule has 5 saturated heterocycles. The highest BCUT2D eigenvalue weighted by Gasteiger charge is 2.70. The van der Waals surface area contributed by atoms with Crippen LogP contribution in [0.1, 0.15) is 71.6 Å². The SMILES string of the molecule is C=C1C[C@@]23CCC4[C@@](C)(CCC[C@@]4(C)C(=O)OC4OC(CO)C(O)C(O)C4OC4OC(CO)C(O)C(O)C4O)C2CC[C@@]1(OC1OC(CO)C(O)C(OC2OC(CO)C(O)C(O)C2O)C1OC1OC(CO)C(O)C(O)C1O)C3. The lowest BCUT2D eigenvalue weighted by atomic mass is 9.41. The van der Waals surface area contributed by atoms with Crippen molar-refractivity contribution in [3.63, 3.8) is 0 Å². The summed E-state index contributed by atoms with van der Waals surface area (Å²) in [6.07, 6.45) is -39.9. The predicted octanol–water partition coefficient (Wildman–Crippen LogP) is -7.29. The minimum atomic E-state index is -1.99. The van der Waals surface area contributed by atoms with Crippen LogP contribution in [0, 0.1) is 28.1 Å². The lowest BCUT2D eigenvalue weighted by Crippen LogP contribution is -2.68. The average molecular weight is 1130 g/mol. The summed E-state index contributed by atoms with van der Waals surface area (Å²) in [4.78, 5) is 14.9. The van der Waals surface area contributed by atoms with Gasteiger partial charge in [0, 0.05) is 0 Å². The van der Waals surface area contributed by atoms with Gasteiger partial charge >= 0.3 is 5.97 Å². The monoisotopic (exact) mass is 1130 g/mol.